The Morgan fingerprint density at radius 2 is 1.76 bits per heavy atom. The maximum atomic E-state index is 15.4. The number of hydrogen-bond acceptors (Lipinski definition) is 6. The van der Waals surface area contributed by atoms with E-state index in [1.807, 2.05) is 0 Å². The van der Waals surface area contributed by atoms with Crippen molar-refractivity contribution in [3.05, 3.63) is 70.9 Å². The van der Waals surface area contributed by atoms with Crippen LogP contribution in [0.15, 0.2) is 42.5 Å². The smallest absolute Gasteiger partial charge is 0.337 e. The first kappa shape index (κ1) is 31.2. The number of nitrogens with zero attached hydrogens (tertiary/aromatic N) is 2. The minimum Gasteiger partial charge on any atom is -0.490 e. The number of piperidine rings is 1. The van der Waals surface area contributed by atoms with Crippen LogP contribution in [0.1, 0.15) is 70.4 Å². The van der Waals surface area contributed by atoms with E-state index in [0.717, 1.165) is 18.4 Å². The number of benzene rings is 2. The molecule has 0 amide bonds. The average molecular weight is 582 g/mol. The Hall–Kier alpha value is -3.72. The molecule has 1 aromatic heterocycles. The Labute approximate surface area is 246 Å². The molecule has 226 valence electrons. The minimum atomic E-state index is -1.30. The number of aromatic nitrogens is 1. The molecule has 0 spiro atoms. The molecule has 1 unspecified atom stereocenters. The van der Waals surface area contributed by atoms with Crippen LogP contribution in [-0.4, -0.2) is 41.4 Å². The van der Waals surface area contributed by atoms with Crippen LogP contribution in [0.25, 0.3) is 11.1 Å². The van der Waals surface area contributed by atoms with Crippen molar-refractivity contribution in [3.63, 3.8) is 0 Å². The lowest BCUT2D eigenvalue weighted by atomic mass is 9.82. The van der Waals surface area contributed by atoms with E-state index >= 15 is 4.39 Å². The molecule has 3 N–H and O–H groups in total. The zero-order chi connectivity index (χ0) is 30.8. The SMILES string of the molecule is Cc1nc(N)c(-c2ccc(OCCc3ccc(F)cc3)c(F)c2)c(N2CCC(C)(C)CC2)c1C(OC(C)(C)C)C(=O)O. The summed E-state index contributed by atoms with van der Waals surface area (Å²) in [5, 5.41) is 10.3. The summed E-state index contributed by atoms with van der Waals surface area (Å²) in [6.07, 6.45) is 0.959. The Morgan fingerprint density at radius 3 is 2.33 bits per heavy atom. The highest BCUT2D eigenvalue weighted by Crippen LogP contribution is 2.46. The van der Waals surface area contributed by atoms with Crippen molar-refractivity contribution in [3.8, 4) is 16.9 Å². The van der Waals surface area contributed by atoms with Crippen LogP contribution in [0.4, 0.5) is 20.3 Å². The fourth-order valence-corrected chi connectivity index (χ4v) is 5.28. The fraction of sp³-hybridized carbons (Fsp3) is 0.455. The molecule has 0 radical (unpaired) electrons. The van der Waals surface area contributed by atoms with Gasteiger partial charge in [0.15, 0.2) is 17.7 Å². The number of aryl methyl sites for hydroxylation is 1. The molecule has 9 heteroatoms. The maximum absolute atomic E-state index is 15.4. The number of carbonyl (C=O) groups is 1. The monoisotopic (exact) mass is 581 g/mol. The Kier molecular flexibility index (Phi) is 9.11. The molecular weight excluding hydrogens is 540 g/mol. The molecule has 7 nitrogen and oxygen atoms in total. The summed E-state index contributed by atoms with van der Waals surface area (Å²) in [5.41, 5.74) is 9.19. The van der Waals surface area contributed by atoms with Gasteiger partial charge in [0.05, 0.1) is 17.9 Å². The van der Waals surface area contributed by atoms with Crippen LogP contribution < -0.4 is 15.4 Å². The highest BCUT2D eigenvalue weighted by atomic mass is 19.1. The van der Waals surface area contributed by atoms with Crippen LogP contribution in [0.3, 0.4) is 0 Å². The van der Waals surface area contributed by atoms with Crippen molar-refractivity contribution >= 4 is 17.5 Å². The molecule has 42 heavy (non-hydrogen) atoms. The van der Waals surface area contributed by atoms with Crippen LogP contribution in [0.5, 0.6) is 5.75 Å². The van der Waals surface area contributed by atoms with Gasteiger partial charge in [-0.05, 0) is 81.3 Å². The molecule has 4 rings (SSSR count). The second-order valence-electron chi connectivity index (χ2n) is 12.7. The summed E-state index contributed by atoms with van der Waals surface area (Å²) >= 11 is 0. The van der Waals surface area contributed by atoms with Gasteiger partial charge < -0.3 is 25.2 Å². The molecule has 0 saturated carbocycles. The van der Waals surface area contributed by atoms with E-state index in [4.69, 9.17) is 15.2 Å². The molecule has 1 atom stereocenters. The maximum Gasteiger partial charge on any atom is 0.337 e. The van der Waals surface area contributed by atoms with Crippen molar-refractivity contribution in [2.24, 2.45) is 5.41 Å². The molecule has 1 fully saturated rings. The number of nitrogens with two attached hydrogens (primary N) is 1. The first-order valence-electron chi connectivity index (χ1n) is 14.3. The van der Waals surface area contributed by atoms with E-state index in [9.17, 15) is 14.3 Å². The number of anilines is 2. The predicted octanol–water partition coefficient (Wildman–Crippen LogP) is 7.11. The molecule has 0 aliphatic carbocycles. The second-order valence-corrected chi connectivity index (χ2v) is 12.7. The van der Waals surface area contributed by atoms with Crippen LogP contribution >= 0.6 is 0 Å². The number of nitrogen functional groups attached to an aromatic ring is 1. The molecule has 1 saturated heterocycles. The van der Waals surface area contributed by atoms with E-state index in [2.05, 4.69) is 23.7 Å². The van der Waals surface area contributed by atoms with Crippen molar-refractivity contribution in [2.45, 2.75) is 72.5 Å². The second kappa shape index (κ2) is 12.3. The first-order chi connectivity index (χ1) is 19.6. The lowest BCUT2D eigenvalue weighted by Crippen LogP contribution is -2.39. The van der Waals surface area contributed by atoms with E-state index in [1.165, 1.54) is 24.3 Å². The van der Waals surface area contributed by atoms with Crippen molar-refractivity contribution in [1.82, 2.24) is 4.98 Å². The highest BCUT2D eigenvalue weighted by Gasteiger charge is 2.36. The fourth-order valence-electron chi connectivity index (χ4n) is 5.28. The normalized spacial score (nSPS) is 15.9. The quantitative estimate of drug-likeness (QED) is 0.278. The van der Waals surface area contributed by atoms with Gasteiger partial charge in [-0.25, -0.2) is 18.6 Å². The molecule has 3 aromatic rings. The molecule has 0 bridgehead atoms. The minimum absolute atomic E-state index is 0.0699. The summed E-state index contributed by atoms with van der Waals surface area (Å²) in [6, 6.07) is 10.7. The van der Waals surface area contributed by atoms with Crippen molar-refractivity contribution < 1.29 is 28.2 Å². The molecule has 1 aliphatic rings. The number of carboxylic acids is 1. The lowest BCUT2D eigenvalue weighted by Gasteiger charge is -2.41. The van der Waals surface area contributed by atoms with Gasteiger partial charge in [-0.3, -0.25) is 0 Å². The summed E-state index contributed by atoms with van der Waals surface area (Å²) in [5.74, 6) is -1.79. The molecule has 1 aliphatic heterocycles. The zero-order valence-electron chi connectivity index (χ0n) is 25.3. The van der Waals surface area contributed by atoms with Gasteiger partial charge in [0.25, 0.3) is 0 Å². The Morgan fingerprint density at radius 1 is 1.12 bits per heavy atom. The van der Waals surface area contributed by atoms with Gasteiger partial charge in [0.1, 0.15) is 11.6 Å². The summed E-state index contributed by atoms with van der Waals surface area (Å²) < 4.78 is 40.4. The van der Waals surface area contributed by atoms with Gasteiger partial charge in [-0.2, -0.15) is 0 Å². The van der Waals surface area contributed by atoms with Gasteiger partial charge in [-0.1, -0.05) is 32.0 Å². The van der Waals surface area contributed by atoms with Crippen LogP contribution in [0.2, 0.25) is 0 Å². The summed E-state index contributed by atoms with van der Waals surface area (Å²) in [4.78, 5) is 19.3. The van der Waals surface area contributed by atoms with Crippen molar-refractivity contribution in [2.75, 3.05) is 30.3 Å². The van der Waals surface area contributed by atoms with Crippen LogP contribution in [0, 0.1) is 24.0 Å². The number of pyridine rings is 1. The average Bonchev–Trinajstić information content (AvgIpc) is 2.89. The molecule has 2 aromatic carbocycles. The van der Waals surface area contributed by atoms with E-state index in [-0.39, 0.29) is 29.4 Å². The standard InChI is InChI=1S/C33H41F2N3O4/c1-20-26(29(31(39)40)42-32(2,3)4)28(38-16-14-33(5,6)15-17-38)27(30(36)37-20)22-9-12-25(24(35)19-22)41-18-13-21-7-10-23(34)11-8-21/h7-12,19,29H,13-18H2,1-6H3,(H2,36,37)(H,39,40). The third-order valence-corrected chi connectivity index (χ3v) is 7.60. The zero-order valence-corrected chi connectivity index (χ0v) is 25.3. The third-order valence-electron chi connectivity index (χ3n) is 7.60. The van der Waals surface area contributed by atoms with Gasteiger partial charge in [-0.15, -0.1) is 0 Å². The van der Waals surface area contributed by atoms with Crippen LogP contribution in [-0.2, 0) is 16.0 Å². The number of aliphatic carboxylic acids is 1. The van der Waals surface area contributed by atoms with Crippen molar-refractivity contribution in [1.29, 1.82) is 0 Å². The topological polar surface area (TPSA) is 97.9 Å². The van der Waals surface area contributed by atoms with E-state index in [0.29, 0.717) is 47.6 Å². The number of hydrogen-bond donors (Lipinski definition) is 2. The molecule has 2 heterocycles. The number of rotatable bonds is 9. The summed E-state index contributed by atoms with van der Waals surface area (Å²) in [7, 11) is 0. The summed E-state index contributed by atoms with van der Waals surface area (Å²) in [6.45, 7) is 13.1. The number of carboxylic acid groups (broad SMARTS) is 1. The lowest BCUT2D eigenvalue weighted by molar-refractivity contribution is -0.160. The van der Waals surface area contributed by atoms with Gasteiger partial charge in [0, 0.05) is 36.3 Å². The van der Waals surface area contributed by atoms with Gasteiger partial charge in [0.2, 0.25) is 0 Å². The molecular formula is C33H41F2N3O4. The number of halogens is 2. The highest BCUT2D eigenvalue weighted by molar-refractivity contribution is 5.92. The van der Waals surface area contributed by atoms with E-state index in [1.54, 1.807) is 45.9 Å². The van der Waals surface area contributed by atoms with E-state index < -0.39 is 23.5 Å². The predicted molar refractivity (Wildman–Crippen MR) is 161 cm³/mol. The third kappa shape index (κ3) is 7.37. The Balaban J connectivity index is 1.76. The Bertz CT molecular complexity index is 1420. The number of ether oxygens (including phenoxy) is 2. The first-order valence-corrected chi connectivity index (χ1v) is 14.3. The largest absolute Gasteiger partial charge is 0.490 e. The van der Waals surface area contributed by atoms with Gasteiger partial charge >= 0.3 is 5.97 Å².